The molecular formula is C10H22N2. The van der Waals surface area contributed by atoms with Crippen molar-refractivity contribution >= 4 is 0 Å². The van der Waals surface area contributed by atoms with E-state index < -0.39 is 0 Å². The molecule has 0 spiro atoms. The highest BCUT2D eigenvalue weighted by Gasteiger charge is 2.20. The zero-order valence-electron chi connectivity index (χ0n) is 8.64. The van der Waals surface area contributed by atoms with E-state index in [1.807, 2.05) is 0 Å². The van der Waals surface area contributed by atoms with E-state index in [-0.39, 0.29) is 0 Å². The van der Waals surface area contributed by atoms with Crippen molar-refractivity contribution in [1.29, 1.82) is 0 Å². The lowest BCUT2D eigenvalue weighted by Gasteiger charge is -2.36. The molecule has 0 radical (unpaired) electrons. The lowest BCUT2D eigenvalue weighted by atomic mass is 10.1. The summed E-state index contributed by atoms with van der Waals surface area (Å²) in [4.78, 5) is 2.63. The van der Waals surface area contributed by atoms with Crippen molar-refractivity contribution < 1.29 is 0 Å². The molecule has 1 rings (SSSR count). The molecule has 0 saturated carbocycles. The Kier molecular flexibility index (Phi) is 4.02. The van der Waals surface area contributed by atoms with Gasteiger partial charge < -0.3 is 5.32 Å². The quantitative estimate of drug-likeness (QED) is 0.687. The summed E-state index contributed by atoms with van der Waals surface area (Å²) in [5, 5.41) is 3.45. The molecule has 12 heavy (non-hydrogen) atoms. The number of hydrogen-bond acceptors (Lipinski definition) is 2. The molecule has 1 fully saturated rings. The molecule has 1 aliphatic heterocycles. The number of rotatable bonds is 3. The van der Waals surface area contributed by atoms with Gasteiger partial charge >= 0.3 is 0 Å². The van der Waals surface area contributed by atoms with Crippen LogP contribution in [-0.4, -0.2) is 37.1 Å². The van der Waals surface area contributed by atoms with Crippen LogP contribution in [0, 0.1) is 5.92 Å². The Bertz CT molecular complexity index is 123. The fourth-order valence-corrected chi connectivity index (χ4v) is 1.91. The fourth-order valence-electron chi connectivity index (χ4n) is 1.91. The van der Waals surface area contributed by atoms with Crippen LogP contribution in [0.3, 0.4) is 0 Å². The average molecular weight is 170 g/mol. The van der Waals surface area contributed by atoms with Gasteiger partial charge in [0.15, 0.2) is 0 Å². The highest BCUT2D eigenvalue weighted by Crippen LogP contribution is 2.09. The van der Waals surface area contributed by atoms with E-state index in [0.717, 1.165) is 12.0 Å². The number of piperazine rings is 1. The lowest BCUT2D eigenvalue weighted by Crippen LogP contribution is -2.51. The minimum Gasteiger partial charge on any atom is -0.314 e. The molecule has 0 unspecified atom stereocenters. The SMILES string of the molecule is CC[C@@H]1CNCCN1CC(C)C. The number of nitrogens with one attached hydrogen (secondary N) is 1. The van der Waals surface area contributed by atoms with Crippen LogP contribution < -0.4 is 5.32 Å². The van der Waals surface area contributed by atoms with Crippen LogP contribution >= 0.6 is 0 Å². The van der Waals surface area contributed by atoms with Gasteiger partial charge in [0.25, 0.3) is 0 Å². The van der Waals surface area contributed by atoms with Crippen LogP contribution in [-0.2, 0) is 0 Å². The fraction of sp³-hybridized carbons (Fsp3) is 1.00. The summed E-state index contributed by atoms with van der Waals surface area (Å²) in [6, 6.07) is 0.779. The predicted molar refractivity (Wildman–Crippen MR) is 53.4 cm³/mol. The summed E-state index contributed by atoms with van der Waals surface area (Å²) in [6.07, 6.45) is 1.28. The second-order valence-electron chi connectivity index (χ2n) is 4.15. The van der Waals surface area contributed by atoms with Gasteiger partial charge in [-0.25, -0.2) is 0 Å². The first-order valence-corrected chi connectivity index (χ1v) is 5.18. The Hall–Kier alpha value is -0.0800. The third-order valence-electron chi connectivity index (χ3n) is 2.54. The molecule has 0 aliphatic carbocycles. The maximum Gasteiger partial charge on any atom is 0.0218 e. The molecular weight excluding hydrogens is 148 g/mol. The molecule has 0 aromatic carbocycles. The predicted octanol–water partition coefficient (Wildman–Crippen LogP) is 1.33. The first kappa shape index (κ1) is 10.0. The maximum absolute atomic E-state index is 3.45. The number of nitrogens with zero attached hydrogens (tertiary/aromatic N) is 1. The molecule has 0 amide bonds. The Morgan fingerprint density at radius 3 is 2.83 bits per heavy atom. The van der Waals surface area contributed by atoms with E-state index in [0.29, 0.717) is 0 Å². The first-order valence-electron chi connectivity index (χ1n) is 5.18. The first-order chi connectivity index (χ1) is 5.74. The van der Waals surface area contributed by atoms with Gasteiger partial charge in [-0.3, -0.25) is 4.90 Å². The van der Waals surface area contributed by atoms with Gasteiger partial charge in [0.05, 0.1) is 0 Å². The molecule has 1 heterocycles. The van der Waals surface area contributed by atoms with Crippen LogP contribution in [0.25, 0.3) is 0 Å². The van der Waals surface area contributed by atoms with E-state index in [2.05, 4.69) is 31.0 Å². The Morgan fingerprint density at radius 2 is 2.25 bits per heavy atom. The summed E-state index contributed by atoms with van der Waals surface area (Å²) in [5.74, 6) is 0.803. The smallest absolute Gasteiger partial charge is 0.0218 e. The zero-order chi connectivity index (χ0) is 8.97. The van der Waals surface area contributed by atoms with Crippen molar-refractivity contribution in [2.75, 3.05) is 26.2 Å². The molecule has 1 saturated heterocycles. The molecule has 0 aromatic heterocycles. The van der Waals surface area contributed by atoms with Gasteiger partial charge in [0.1, 0.15) is 0 Å². The highest BCUT2D eigenvalue weighted by atomic mass is 15.2. The van der Waals surface area contributed by atoms with Crippen LogP contribution in [0.15, 0.2) is 0 Å². The van der Waals surface area contributed by atoms with Gasteiger partial charge in [0.2, 0.25) is 0 Å². The monoisotopic (exact) mass is 170 g/mol. The summed E-state index contributed by atoms with van der Waals surface area (Å²) in [7, 11) is 0. The number of hydrogen-bond donors (Lipinski definition) is 1. The van der Waals surface area contributed by atoms with Gasteiger partial charge in [0, 0.05) is 32.2 Å². The van der Waals surface area contributed by atoms with Crippen LogP contribution in [0.1, 0.15) is 27.2 Å². The van der Waals surface area contributed by atoms with Gasteiger partial charge in [-0.1, -0.05) is 20.8 Å². The Morgan fingerprint density at radius 1 is 1.50 bits per heavy atom. The third-order valence-corrected chi connectivity index (χ3v) is 2.54. The topological polar surface area (TPSA) is 15.3 Å². The minimum absolute atomic E-state index is 0.779. The van der Waals surface area contributed by atoms with Crippen molar-refractivity contribution in [3.8, 4) is 0 Å². The normalized spacial score (nSPS) is 26.5. The average Bonchev–Trinajstić information content (AvgIpc) is 2.04. The van der Waals surface area contributed by atoms with Gasteiger partial charge in [-0.05, 0) is 12.3 Å². The van der Waals surface area contributed by atoms with E-state index in [4.69, 9.17) is 0 Å². The Labute approximate surface area is 76.3 Å². The van der Waals surface area contributed by atoms with Crippen molar-refractivity contribution in [3.63, 3.8) is 0 Å². The van der Waals surface area contributed by atoms with Crippen molar-refractivity contribution in [2.45, 2.75) is 33.2 Å². The van der Waals surface area contributed by atoms with Gasteiger partial charge in [-0.15, -0.1) is 0 Å². The standard InChI is InChI=1S/C10H22N2/c1-4-10-7-11-5-6-12(10)8-9(2)3/h9-11H,4-8H2,1-3H3/t10-/m1/s1. The molecule has 1 aliphatic rings. The molecule has 1 atom stereocenters. The van der Waals surface area contributed by atoms with E-state index in [1.54, 1.807) is 0 Å². The van der Waals surface area contributed by atoms with Crippen LogP contribution in [0.5, 0.6) is 0 Å². The molecule has 1 N–H and O–H groups in total. The zero-order valence-corrected chi connectivity index (χ0v) is 8.64. The summed E-state index contributed by atoms with van der Waals surface area (Å²) < 4.78 is 0. The molecule has 72 valence electrons. The van der Waals surface area contributed by atoms with Crippen molar-refractivity contribution in [3.05, 3.63) is 0 Å². The summed E-state index contributed by atoms with van der Waals surface area (Å²) in [5.41, 5.74) is 0. The maximum atomic E-state index is 3.45. The lowest BCUT2D eigenvalue weighted by molar-refractivity contribution is 0.140. The van der Waals surface area contributed by atoms with Crippen molar-refractivity contribution in [1.82, 2.24) is 10.2 Å². The van der Waals surface area contributed by atoms with Crippen LogP contribution in [0.4, 0.5) is 0 Å². The van der Waals surface area contributed by atoms with Gasteiger partial charge in [-0.2, -0.15) is 0 Å². The largest absolute Gasteiger partial charge is 0.314 e. The van der Waals surface area contributed by atoms with E-state index in [9.17, 15) is 0 Å². The van der Waals surface area contributed by atoms with E-state index >= 15 is 0 Å². The third kappa shape index (κ3) is 2.76. The molecule has 0 bridgehead atoms. The second-order valence-corrected chi connectivity index (χ2v) is 4.15. The molecule has 2 nitrogen and oxygen atoms in total. The minimum atomic E-state index is 0.779. The van der Waals surface area contributed by atoms with Crippen molar-refractivity contribution in [2.24, 2.45) is 5.92 Å². The molecule has 2 heteroatoms. The van der Waals surface area contributed by atoms with Crippen LogP contribution in [0.2, 0.25) is 0 Å². The highest BCUT2D eigenvalue weighted by molar-refractivity contribution is 4.78. The molecule has 0 aromatic rings. The van der Waals surface area contributed by atoms with E-state index in [1.165, 1.54) is 32.6 Å². The second kappa shape index (κ2) is 4.83. The summed E-state index contributed by atoms with van der Waals surface area (Å²) in [6.45, 7) is 11.7. The summed E-state index contributed by atoms with van der Waals surface area (Å²) >= 11 is 0. The Balaban J connectivity index is 2.36.